The number of nitrogens with zero attached hydrogens (tertiary/aromatic N) is 2. The molecule has 0 fully saturated rings. The van der Waals surface area contributed by atoms with Crippen molar-refractivity contribution < 1.29 is 19.1 Å². The van der Waals surface area contributed by atoms with E-state index in [4.69, 9.17) is 4.74 Å². The fourth-order valence-corrected chi connectivity index (χ4v) is 4.72. The molecule has 2 N–H and O–H groups in total. The fraction of sp³-hybridized carbons (Fsp3) is 0.414. The molecule has 0 saturated heterocycles. The Labute approximate surface area is 242 Å². The van der Waals surface area contributed by atoms with E-state index in [2.05, 4.69) is 57.3 Å². The van der Waals surface area contributed by atoms with Gasteiger partial charge in [0.15, 0.2) is 5.82 Å². The molecule has 0 aliphatic heterocycles. The van der Waals surface area contributed by atoms with E-state index < -0.39 is 29.6 Å². The third kappa shape index (κ3) is 8.96. The number of ether oxygens (including phenoxy) is 1. The molecule has 0 aliphatic rings. The van der Waals surface area contributed by atoms with Crippen LogP contribution < -0.4 is 10.6 Å². The molecule has 10 heteroatoms. The first-order valence-electron chi connectivity index (χ1n) is 12.6. The summed E-state index contributed by atoms with van der Waals surface area (Å²) < 4.78 is 6.18. The summed E-state index contributed by atoms with van der Waals surface area (Å²) in [6.07, 6.45) is 3.57. The lowest BCUT2D eigenvalue weighted by atomic mass is 9.95. The summed E-state index contributed by atoms with van der Waals surface area (Å²) in [5.41, 5.74) is 0.864. The molecule has 0 saturated carbocycles. The van der Waals surface area contributed by atoms with Gasteiger partial charge in [-0.25, -0.2) is 14.8 Å². The van der Waals surface area contributed by atoms with Gasteiger partial charge in [-0.3, -0.25) is 9.59 Å². The van der Waals surface area contributed by atoms with Crippen molar-refractivity contribution in [2.75, 3.05) is 0 Å². The van der Waals surface area contributed by atoms with Crippen molar-refractivity contribution >= 4 is 45.1 Å². The summed E-state index contributed by atoms with van der Waals surface area (Å²) in [6.45, 7) is 13.1. The maximum absolute atomic E-state index is 13.3. The van der Waals surface area contributed by atoms with E-state index in [1.54, 1.807) is 46.2 Å². The molecule has 1 aromatic carbocycles. The average Bonchev–Trinajstić information content (AvgIpc) is 3.35. The second kappa shape index (κ2) is 12.4. The summed E-state index contributed by atoms with van der Waals surface area (Å²) in [4.78, 5) is 49.2. The summed E-state index contributed by atoms with van der Waals surface area (Å²) >= 11 is 4.73. The molecule has 0 bridgehead atoms. The molecule has 2 heterocycles. The molecule has 0 aliphatic carbocycles. The maximum Gasteiger partial charge on any atom is 0.328 e. The number of carbonyl (C=O) groups is 3. The number of rotatable bonds is 8. The number of esters is 1. The van der Waals surface area contributed by atoms with Gasteiger partial charge in [-0.1, -0.05) is 45.0 Å². The zero-order valence-electron chi connectivity index (χ0n) is 23.3. The molecule has 3 aromatic rings. The molecule has 39 heavy (non-hydrogen) atoms. The number of hydrogen-bond donors (Lipinski definition) is 2. The van der Waals surface area contributed by atoms with Gasteiger partial charge in [-0.05, 0) is 66.7 Å². The van der Waals surface area contributed by atoms with Gasteiger partial charge >= 0.3 is 5.97 Å². The highest BCUT2D eigenvalue weighted by Gasteiger charge is 2.28. The second-order valence-electron chi connectivity index (χ2n) is 11.3. The Hall–Kier alpha value is -3.11. The van der Waals surface area contributed by atoms with Gasteiger partial charge in [0.05, 0.1) is 9.35 Å². The number of hydrogen-bond acceptors (Lipinski definition) is 7. The van der Waals surface area contributed by atoms with E-state index in [-0.39, 0.29) is 17.7 Å². The van der Waals surface area contributed by atoms with E-state index in [1.807, 2.05) is 30.3 Å². The molecule has 208 valence electrons. The number of halogens is 1. The minimum Gasteiger partial charge on any atom is -0.458 e. The number of amides is 2. The molecular weight excluding hydrogens is 580 g/mol. The summed E-state index contributed by atoms with van der Waals surface area (Å²) in [5.74, 6) is -0.797. The lowest BCUT2D eigenvalue weighted by Crippen LogP contribution is -2.52. The number of thiophene rings is 1. The number of nitrogens with one attached hydrogen (secondary N) is 2. The van der Waals surface area contributed by atoms with Gasteiger partial charge in [0.2, 0.25) is 5.91 Å². The lowest BCUT2D eigenvalue weighted by molar-refractivity contribution is -0.158. The molecular formula is C29H35BrN4O4S. The Morgan fingerprint density at radius 2 is 1.56 bits per heavy atom. The molecule has 2 unspecified atom stereocenters. The minimum atomic E-state index is -0.919. The Kier molecular flexibility index (Phi) is 9.66. The SMILES string of the molecule is CC(NC(=O)C(Cc1ccc(-c2ncc(Br)cn2)cc1)NC(=O)c1ccc(C(C)(C)C)s1)C(=O)OC(C)(C)C. The smallest absolute Gasteiger partial charge is 0.328 e. The van der Waals surface area contributed by atoms with Gasteiger partial charge in [-0.2, -0.15) is 0 Å². The van der Waals surface area contributed by atoms with Crippen LogP contribution in [0.25, 0.3) is 11.4 Å². The number of benzene rings is 1. The van der Waals surface area contributed by atoms with Crippen molar-refractivity contribution in [2.45, 2.75) is 78.0 Å². The van der Waals surface area contributed by atoms with Gasteiger partial charge < -0.3 is 15.4 Å². The lowest BCUT2D eigenvalue weighted by Gasteiger charge is -2.24. The van der Waals surface area contributed by atoms with E-state index in [0.717, 1.165) is 20.5 Å². The normalized spacial score (nSPS) is 13.3. The van der Waals surface area contributed by atoms with Crippen LogP contribution in [-0.2, 0) is 26.2 Å². The second-order valence-corrected chi connectivity index (χ2v) is 13.3. The third-order valence-corrected chi connectivity index (χ3v) is 7.50. The highest BCUT2D eigenvalue weighted by Crippen LogP contribution is 2.29. The van der Waals surface area contributed by atoms with Crippen LogP contribution in [0.15, 0.2) is 53.3 Å². The Morgan fingerprint density at radius 3 is 2.10 bits per heavy atom. The monoisotopic (exact) mass is 614 g/mol. The van der Waals surface area contributed by atoms with Crippen molar-refractivity contribution in [3.63, 3.8) is 0 Å². The van der Waals surface area contributed by atoms with Gasteiger partial charge in [0.25, 0.3) is 5.91 Å². The van der Waals surface area contributed by atoms with Crippen LogP contribution in [0.5, 0.6) is 0 Å². The molecule has 2 amide bonds. The van der Waals surface area contributed by atoms with E-state index in [9.17, 15) is 14.4 Å². The molecule has 8 nitrogen and oxygen atoms in total. The maximum atomic E-state index is 13.3. The van der Waals surface area contributed by atoms with Crippen LogP contribution in [0.2, 0.25) is 0 Å². The van der Waals surface area contributed by atoms with Crippen LogP contribution >= 0.6 is 27.3 Å². The minimum absolute atomic E-state index is 0.0941. The van der Waals surface area contributed by atoms with Gasteiger partial charge in [-0.15, -0.1) is 11.3 Å². The van der Waals surface area contributed by atoms with Crippen molar-refractivity contribution in [3.8, 4) is 11.4 Å². The predicted molar refractivity (Wildman–Crippen MR) is 157 cm³/mol. The Bertz CT molecular complexity index is 1310. The van der Waals surface area contributed by atoms with Gasteiger partial charge in [0, 0.05) is 29.3 Å². The molecule has 0 radical (unpaired) electrons. The summed E-state index contributed by atoms with van der Waals surface area (Å²) in [7, 11) is 0. The Morgan fingerprint density at radius 1 is 0.949 bits per heavy atom. The zero-order valence-corrected chi connectivity index (χ0v) is 25.7. The highest BCUT2D eigenvalue weighted by atomic mass is 79.9. The first-order chi connectivity index (χ1) is 18.1. The molecule has 2 aromatic heterocycles. The zero-order chi connectivity index (χ0) is 29.0. The van der Waals surface area contributed by atoms with E-state index in [1.165, 1.54) is 11.3 Å². The quantitative estimate of drug-likeness (QED) is 0.326. The van der Waals surface area contributed by atoms with Crippen molar-refractivity contribution in [1.29, 1.82) is 0 Å². The van der Waals surface area contributed by atoms with E-state index in [0.29, 0.717) is 10.7 Å². The average molecular weight is 616 g/mol. The van der Waals surface area contributed by atoms with Crippen molar-refractivity contribution in [3.05, 3.63) is 68.6 Å². The summed E-state index contributed by atoms with van der Waals surface area (Å²) in [6, 6.07) is 9.37. The van der Waals surface area contributed by atoms with Gasteiger partial charge in [0.1, 0.15) is 17.7 Å². The van der Waals surface area contributed by atoms with E-state index >= 15 is 0 Å². The highest BCUT2D eigenvalue weighted by molar-refractivity contribution is 9.10. The largest absolute Gasteiger partial charge is 0.458 e. The van der Waals surface area contributed by atoms with Crippen LogP contribution in [0.1, 0.15) is 68.6 Å². The molecule has 3 rings (SSSR count). The first-order valence-corrected chi connectivity index (χ1v) is 14.2. The van der Waals surface area contributed by atoms with Crippen LogP contribution in [-0.4, -0.2) is 45.4 Å². The topological polar surface area (TPSA) is 110 Å². The van der Waals surface area contributed by atoms with Crippen molar-refractivity contribution in [1.82, 2.24) is 20.6 Å². The van der Waals surface area contributed by atoms with Crippen molar-refractivity contribution in [2.24, 2.45) is 0 Å². The first kappa shape index (κ1) is 30.4. The summed E-state index contributed by atoms with van der Waals surface area (Å²) in [5, 5.41) is 5.57. The molecule has 0 spiro atoms. The Balaban J connectivity index is 1.80. The number of carbonyl (C=O) groups excluding carboxylic acids is 3. The van der Waals surface area contributed by atoms with Crippen LogP contribution in [0, 0.1) is 0 Å². The fourth-order valence-electron chi connectivity index (χ4n) is 3.55. The van der Waals surface area contributed by atoms with Crippen LogP contribution in [0.3, 0.4) is 0 Å². The van der Waals surface area contributed by atoms with Crippen LogP contribution in [0.4, 0.5) is 0 Å². The third-order valence-electron chi connectivity index (χ3n) is 5.58. The number of aromatic nitrogens is 2. The standard InChI is InChI=1S/C29H35BrN4O4S/c1-17(27(37)38-29(5,6)7)33-25(35)21(34-26(36)22-12-13-23(39-22)28(2,3)4)14-18-8-10-19(11-9-18)24-31-15-20(30)16-32-24/h8-13,15-17,21H,14H2,1-7H3,(H,33,35)(H,34,36). The molecule has 2 atom stereocenters. The predicted octanol–water partition coefficient (Wildman–Crippen LogP) is 5.45.